The molecule has 4 heteroatoms. The number of hydrazine groups is 1. The minimum absolute atomic E-state index is 0.137. The van der Waals surface area contributed by atoms with E-state index in [4.69, 9.17) is 5.84 Å². The van der Waals surface area contributed by atoms with Gasteiger partial charge in [-0.15, -0.1) is 0 Å². The monoisotopic (exact) mass is 176 g/mol. The Hall–Kier alpha value is -1.29. The summed E-state index contributed by atoms with van der Waals surface area (Å²) in [5.74, 6) is 5.33. The molecule has 0 heterocycles. The minimum Gasteiger partial charge on any atom is -0.277 e. The largest absolute Gasteiger partial charge is 0.277 e. The van der Waals surface area contributed by atoms with Crippen LogP contribution in [0.1, 0.15) is 17.3 Å². The number of hydrogen-bond acceptors (Lipinski definition) is 2. The van der Waals surface area contributed by atoms with Crippen molar-refractivity contribution in [1.82, 2.24) is 5.01 Å². The Balaban J connectivity index is 2.83. The molecule has 1 aromatic carbocycles. The predicted octanol–water partition coefficient (Wildman–Crippen LogP) is -0.719. The van der Waals surface area contributed by atoms with Crippen molar-refractivity contribution in [2.75, 3.05) is 6.54 Å². The van der Waals surface area contributed by atoms with Crippen LogP contribution in [-0.2, 0) is 0 Å². The average molecular weight is 176 g/mol. The molecule has 13 heavy (non-hydrogen) atoms. The van der Waals surface area contributed by atoms with Crippen LogP contribution in [0.15, 0.2) is 24.3 Å². The van der Waals surface area contributed by atoms with E-state index in [2.05, 4.69) is 0 Å². The molecule has 0 aliphatic heterocycles. The quantitative estimate of drug-likeness (QED) is 0.280. The number of carbonyl (C=O) groups excluding carboxylic acids is 1. The van der Waals surface area contributed by atoms with Gasteiger partial charge < -0.3 is 0 Å². The fraction of sp³-hybridized carbons (Fsp3) is 0.222. The van der Waals surface area contributed by atoms with E-state index in [-0.39, 0.29) is 5.91 Å². The number of nitrogens with zero attached hydrogens (tertiary/aromatic N) is 1. The van der Waals surface area contributed by atoms with Crippen molar-refractivity contribution in [2.24, 2.45) is 5.84 Å². The molecule has 1 amide bonds. The minimum atomic E-state index is -0.137. The lowest BCUT2D eigenvalue weighted by atomic mass is 9.95. The van der Waals surface area contributed by atoms with Crippen LogP contribution in [0.2, 0.25) is 0 Å². The Kier molecular flexibility index (Phi) is 3.09. The number of benzene rings is 1. The molecule has 0 saturated heterocycles. The summed E-state index contributed by atoms with van der Waals surface area (Å²) in [6.45, 7) is 2.36. The van der Waals surface area contributed by atoms with E-state index in [9.17, 15) is 4.79 Å². The first-order valence-electron chi connectivity index (χ1n) is 4.28. The van der Waals surface area contributed by atoms with Gasteiger partial charge in [-0.25, -0.2) is 5.84 Å². The van der Waals surface area contributed by atoms with Crippen molar-refractivity contribution in [1.29, 1.82) is 0 Å². The topological polar surface area (TPSA) is 46.3 Å². The molecule has 68 valence electrons. The molecule has 0 saturated carbocycles. The van der Waals surface area contributed by atoms with Gasteiger partial charge in [-0.2, -0.15) is 0 Å². The molecule has 1 rings (SSSR count). The Morgan fingerprint density at radius 1 is 1.46 bits per heavy atom. The predicted molar refractivity (Wildman–Crippen MR) is 55.5 cm³/mol. The van der Waals surface area contributed by atoms with Crippen LogP contribution < -0.4 is 11.3 Å². The summed E-state index contributed by atoms with van der Waals surface area (Å²) in [4.78, 5) is 11.5. The standard InChI is InChI=1S/C9H13BN2O/c1-2-12(11)9(13)7-3-5-8(10)6-4-7/h3-6H,2,10-11H2,1H3. The molecular weight excluding hydrogens is 163 g/mol. The second-order valence-electron chi connectivity index (χ2n) is 2.96. The van der Waals surface area contributed by atoms with E-state index in [0.29, 0.717) is 12.1 Å². The molecule has 0 aliphatic rings. The summed E-state index contributed by atoms with van der Waals surface area (Å²) in [5.41, 5.74) is 1.77. The van der Waals surface area contributed by atoms with E-state index in [0.717, 1.165) is 5.46 Å². The fourth-order valence-electron chi connectivity index (χ4n) is 1.01. The van der Waals surface area contributed by atoms with Crippen molar-refractivity contribution in [2.45, 2.75) is 6.92 Å². The van der Waals surface area contributed by atoms with Crippen molar-refractivity contribution >= 4 is 19.2 Å². The molecule has 0 aliphatic carbocycles. The van der Waals surface area contributed by atoms with E-state index < -0.39 is 0 Å². The molecule has 0 unspecified atom stereocenters. The number of rotatable bonds is 2. The third-order valence-electron chi connectivity index (χ3n) is 1.90. The summed E-state index contributed by atoms with van der Waals surface area (Å²) >= 11 is 0. The van der Waals surface area contributed by atoms with Gasteiger partial charge in [0.05, 0.1) is 0 Å². The lowest BCUT2D eigenvalue weighted by Crippen LogP contribution is -2.37. The van der Waals surface area contributed by atoms with Crippen LogP contribution in [0.25, 0.3) is 0 Å². The van der Waals surface area contributed by atoms with Crippen LogP contribution >= 0.6 is 0 Å². The van der Waals surface area contributed by atoms with Gasteiger partial charge in [-0.1, -0.05) is 17.6 Å². The fourth-order valence-corrected chi connectivity index (χ4v) is 1.01. The normalized spacial score (nSPS) is 9.69. The third-order valence-corrected chi connectivity index (χ3v) is 1.90. The average Bonchev–Trinajstić information content (AvgIpc) is 2.17. The molecule has 0 fully saturated rings. The van der Waals surface area contributed by atoms with E-state index in [1.165, 1.54) is 5.01 Å². The number of nitrogens with two attached hydrogens (primary N) is 1. The van der Waals surface area contributed by atoms with Gasteiger partial charge in [0.1, 0.15) is 7.85 Å². The molecule has 2 N–H and O–H groups in total. The lowest BCUT2D eigenvalue weighted by Gasteiger charge is -2.13. The zero-order valence-electron chi connectivity index (χ0n) is 7.95. The van der Waals surface area contributed by atoms with Gasteiger partial charge >= 0.3 is 0 Å². The number of amides is 1. The second kappa shape index (κ2) is 4.09. The van der Waals surface area contributed by atoms with Crippen LogP contribution in [0.5, 0.6) is 0 Å². The Morgan fingerprint density at radius 2 is 2.00 bits per heavy atom. The first-order chi connectivity index (χ1) is 6.15. The van der Waals surface area contributed by atoms with Crippen LogP contribution in [0, 0.1) is 0 Å². The van der Waals surface area contributed by atoms with Gasteiger partial charge in [0.15, 0.2) is 0 Å². The van der Waals surface area contributed by atoms with Crippen molar-refractivity contribution in [3.05, 3.63) is 29.8 Å². The summed E-state index contributed by atoms with van der Waals surface area (Å²) in [6.07, 6.45) is 0. The maximum atomic E-state index is 11.5. The SMILES string of the molecule is Bc1ccc(C(=O)N(N)CC)cc1. The summed E-state index contributed by atoms with van der Waals surface area (Å²) in [7, 11) is 1.98. The molecule has 0 radical (unpaired) electrons. The molecule has 0 atom stereocenters. The molecular formula is C9H13BN2O. The zero-order valence-corrected chi connectivity index (χ0v) is 7.95. The Bertz CT molecular complexity index is 297. The van der Waals surface area contributed by atoms with Gasteiger partial charge in [0.25, 0.3) is 5.91 Å². The first kappa shape index (κ1) is 9.80. The molecule has 0 aromatic heterocycles. The number of carbonyl (C=O) groups is 1. The highest BCUT2D eigenvalue weighted by molar-refractivity contribution is 6.32. The highest BCUT2D eigenvalue weighted by atomic mass is 16.2. The molecule has 0 spiro atoms. The maximum absolute atomic E-state index is 11.5. The molecule has 0 bridgehead atoms. The van der Waals surface area contributed by atoms with Gasteiger partial charge in [0, 0.05) is 12.1 Å². The highest BCUT2D eigenvalue weighted by Gasteiger charge is 2.08. The smallest absolute Gasteiger partial charge is 0.267 e. The van der Waals surface area contributed by atoms with Crippen molar-refractivity contribution in [3.63, 3.8) is 0 Å². The van der Waals surface area contributed by atoms with Gasteiger partial charge in [0.2, 0.25) is 0 Å². The van der Waals surface area contributed by atoms with E-state index >= 15 is 0 Å². The molecule has 3 nitrogen and oxygen atoms in total. The van der Waals surface area contributed by atoms with Gasteiger partial charge in [-0.3, -0.25) is 9.80 Å². The second-order valence-corrected chi connectivity index (χ2v) is 2.96. The number of hydrogen-bond donors (Lipinski definition) is 1. The zero-order chi connectivity index (χ0) is 9.84. The summed E-state index contributed by atoms with van der Waals surface area (Å²) in [6, 6.07) is 7.37. The first-order valence-corrected chi connectivity index (χ1v) is 4.28. The van der Waals surface area contributed by atoms with Crippen LogP contribution in [0.3, 0.4) is 0 Å². The van der Waals surface area contributed by atoms with Crippen LogP contribution in [-0.4, -0.2) is 25.3 Å². The summed E-state index contributed by atoms with van der Waals surface area (Å²) in [5, 5.41) is 1.20. The molecule has 1 aromatic rings. The summed E-state index contributed by atoms with van der Waals surface area (Å²) < 4.78 is 0. The highest BCUT2D eigenvalue weighted by Crippen LogP contribution is 1.99. The Morgan fingerprint density at radius 3 is 2.46 bits per heavy atom. The Labute approximate surface area is 78.9 Å². The van der Waals surface area contributed by atoms with E-state index in [1.807, 2.05) is 26.9 Å². The maximum Gasteiger partial charge on any atom is 0.267 e. The third kappa shape index (κ3) is 2.32. The van der Waals surface area contributed by atoms with Crippen molar-refractivity contribution in [3.8, 4) is 0 Å². The lowest BCUT2D eigenvalue weighted by molar-refractivity contribution is 0.0764. The van der Waals surface area contributed by atoms with Crippen LogP contribution in [0.4, 0.5) is 0 Å². The van der Waals surface area contributed by atoms with Crippen molar-refractivity contribution < 1.29 is 4.79 Å². The van der Waals surface area contributed by atoms with E-state index in [1.54, 1.807) is 12.1 Å². The van der Waals surface area contributed by atoms with Gasteiger partial charge in [-0.05, 0) is 19.1 Å².